The molecule has 30 heavy (non-hydrogen) atoms. The maximum Gasteiger partial charge on any atom is 0.307 e. The molecule has 1 heterocycles. The van der Waals surface area contributed by atoms with E-state index in [4.69, 9.17) is 11.2 Å². The first-order valence-corrected chi connectivity index (χ1v) is 10.7. The zero-order chi connectivity index (χ0) is 22.0. The van der Waals surface area contributed by atoms with Crippen LogP contribution in [0.2, 0.25) is 0 Å². The number of aromatic nitrogens is 1. The number of nitrogens with zero attached hydrogens (tertiary/aromatic N) is 2. The largest absolute Gasteiger partial charge is 0.466 e. The lowest BCUT2D eigenvalue weighted by Gasteiger charge is -2.22. The number of terminal acetylenes is 1. The van der Waals surface area contributed by atoms with E-state index in [0.717, 1.165) is 5.56 Å². The molecule has 1 aromatic heterocycles. The summed E-state index contributed by atoms with van der Waals surface area (Å²) in [5.74, 6) is 1.46. The minimum atomic E-state index is -3.75. The maximum absolute atomic E-state index is 13.0. The number of ether oxygens (including phenoxy) is 1. The minimum absolute atomic E-state index is 0.000340. The van der Waals surface area contributed by atoms with Crippen molar-refractivity contribution >= 4 is 21.9 Å². The standard InChI is InChI=1S/C21H23N3O5S/c1-3-12-23-30(27,28)19-9-7-18(8-10-19)21(26)24(14-11-20(25)29-4-2)16-17-6-5-13-22-15-17/h1,5-10,13,15,23H,4,11-12,14,16H2,2H3. The highest BCUT2D eigenvalue weighted by atomic mass is 32.2. The van der Waals surface area contributed by atoms with Gasteiger partial charge in [-0.2, -0.15) is 4.72 Å². The van der Waals surface area contributed by atoms with Gasteiger partial charge in [0.25, 0.3) is 5.91 Å². The molecule has 8 nitrogen and oxygen atoms in total. The highest BCUT2D eigenvalue weighted by molar-refractivity contribution is 7.89. The number of nitrogens with one attached hydrogen (secondary N) is 1. The van der Waals surface area contributed by atoms with Crippen molar-refractivity contribution in [3.05, 3.63) is 59.9 Å². The quantitative estimate of drug-likeness (QED) is 0.454. The van der Waals surface area contributed by atoms with Crippen LogP contribution in [0.5, 0.6) is 0 Å². The molecule has 0 radical (unpaired) electrons. The minimum Gasteiger partial charge on any atom is -0.466 e. The summed E-state index contributed by atoms with van der Waals surface area (Å²) in [7, 11) is -3.75. The van der Waals surface area contributed by atoms with Crippen LogP contribution >= 0.6 is 0 Å². The van der Waals surface area contributed by atoms with Crippen LogP contribution in [0.15, 0.2) is 53.7 Å². The molecule has 158 valence electrons. The third-order valence-corrected chi connectivity index (χ3v) is 5.47. The van der Waals surface area contributed by atoms with Gasteiger partial charge in [0.05, 0.1) is 24.5 Å². The Balaban J connectivity index is 2.19. The summed E-state index contributed by atoms with van der Waals surface area (Å²) in [5, 5.41) is 0. The Hall–Kier alpha value is -3.22. The molecule has 0 saturated carbocycles. The smallest absolute Gasteiger partial charge is 0.307 e. The Morgan fingerprint density at radius 1 is 1.23 bits per heavy atom. The van der Waals surface area contributed by atoms with Crippen molar-refractivity contribution in [3.63, 3.8) is 0 Å². The molecule has 1 amide bonds. The number of hydrogen-bond acceptors (Lipinski definition) is 6. The Kier molecular flexibility index (Phi) is 8.53. The Morgan fingerprint density at radius 3 is 2.57 bits per heavy atom. The molecule has 2 aromatic rings. The van der Waals surface area contributed by atoms with Crippen LogP contribution in [0.4, 0.5) is 0 Å². The average Bonchev–Trinajstić information content (AvgIpc) is 2.75. The van der Waals surface area contributed by atoms with Gasteiger partial charge in [0.2, 0.25) is 10.0 Å². The predicted molar refractivity (Wildman–Crippen MR) is 111 cm³/mol. The van der Waals surface area contributed by atoms with Crippen LogP contribution in [0.25, 0.3) is 0 Å². The molecular weight excluding hydrogens is 406 g/mol. The number of hydrogen-bond donors (Lipinski definition) is 1. The number of amides is 1. The van der Waals surface area contributed by atoms with E-state index in [1.807, 2.05) is 6.07 Å². The van der Waals surface area contributed by atoms with Gasteiger partial charge in [-0.3, -0.25) is 14.6 Å². The van der Waals surface area contributed by atoms with E-state index in [0.29, 0.717) is 5.56 Å². The fraction of sp³-hybridized carbons (Fsp3) is 0.286. The highest BCUT2D eigenvalue weighted by Crippen LogP contribution is 2.14. The van der Waals surface area contributed by atoms with Crippen molar-refractivity contribution in [2.24, 2.45) is 0 Å². The van der Waals surface area contributed by atoms with Crippen molar-refractivity contribution in [1.82, 2.24) is 14.6 Å². The van der Waals surface area contributed by atoms with Crippen LogP contribution in [0, 0.1) is 12.3 Å². The second-order valence-electron chi connectivity index (χ2n) is 6.20. The fourth-order valence-electron chi connectivity index (χ4n) is 2.60. The number of pyridine rings is 1. The molecule has 0 saturated heterocycles. The Labute approximate surface area is 176 Å². The van der Waals surface area contributed by atoms with Gasteiger partial charge in [0, 0.05) is 31.0 Å². The lowest BCUT2D eigenvalue weighted by Crippen LogP contribution is -2.33. The van der Waals surface area contributed by atoms with Crippen LogP contribution in [0.3, 0.4) is 0 Å². The number of sulfonamides is 1. The van der Waals surface area contributed by atoms with Gasteiger partial charge in [-0.05, 0) is 42.8 Å². The fourth-order valence-corrected chi connectivity index (χ4v) is 3.54. The SMILES string of the molecule is C#CCNS(=O)(=O)c1ccc(C(=O)N(CCC(=O)OCC)Cc2cccnc2)cc1. The summed E-state index contributed by atoms with van der Waals surface area (Å²) >= 11 is 0. The van der Waals surface area contributed by atoms with Crippen molar-refractivity contribution in [2.75, 3.05) is 19.7 Å². The zero-order valence-electron chi connectivity index (χ0n) is 16.6. The second-order valence-corrected chi connectivity index (χ2v) is 7.96. The first-order chi connectivity index (χ1) is 14.4. The summed E-state index contributed by atoms with van der Waals surface area (Å²) in [6.45, 7) is 2.24. The van der Waals surface area contributed by atoms with Crippen LogP contribution < -0.4 is 4.72 Å². The Bertz CT molecular complexity index is 999. The third-order valence-electron chi connectivity index (χ3n) is 4.05. The topological polar surface area (TPSA) is 106 Å². The number of rotatable bonds is 10. The normalized spacial score (nSPS) is 10.8. The molecular formula is C21H23N3O5S. The molecule has 0 spiro atoms. The van der Waals surface area contributed by atoms with E-state index in [9.17, 15) is 18.0 Å². The van der Waals surface area contributed by atoms with Gasteiger partial charge >= 0.3 is 5.97 Å². The Morgan fingerprint density at radius 2 is 1.97 bits per heavy atom. The molecule has 0 aliphatic heterocycles. The number of carbonyl (C=O) groups is 2. The summed E-state index contributed by atoms with van der Waals surface area (Å²) in [6, 6.07) is 9.09. The van der Waals surface area contributed by atoms with Crippen molar-refractivity contribution in [2.45, 2.75) is 24.8 Å². The van der Waals surface area contributed by atoms with E-state index >= 15 is 0 Å². The van der Waals surface area contributed by atoms with Gasteiger partial charge in [-0.1, -0.05) is 12.0 Å². The molecule has 0 aliphatic rings. The summed E-state index contributed by atoms with van der Waals surface area (Å²) in [6.07, 6.45) is 8.39. The number of esters is 1. The van der Waals surface area contributed by atoms with Gasteiger partial charge in [0.1, 0.15) is 0 Å². The third kappa shape index (κ3) is 6.69. The summed E-state index contributed by atoms with van der Waals surface area (Å²) in [4.78, 5) is 30.3. The molecule has 0 aliphatic carbocycles. The first kappa shape index (κ1) is 23.1. The molecule has 0 unspecified atom stereocenters. The molecule has 0 bridgehead atoms. The molecule has 1 N–H and O–H groups in total. The predicted octanol–water partition coefficient (Wildman–Crippen LogP) is 1.59. The molecule has 0 fully saturated rings. The van der Waals surface area contributed by atoms with E-state index in [1.165, 1.54) is 29.2 Å². The van der Waals surface area contributed by atoms with Crippen LogP contribution in [-0.2, 0) is 26.1 Å². The maximum atomic E-state index is 13.0. The monoisotopic (exact) mass is 429 g/mol. The van der Waals surface area contributed by atoms with Gasteiger partial charge < -0.3 is 9.64 Å². The number of benzene rings is 1. The summed E-state index contributed by atoms with van der Waals surface area (Å²) < 4.78 is 31.4. The molecule has 0 atom stereocenters. The molecule has 9 heteroatoms. The molecule has 2 rings (SSSR count). The van der Waals surface area contributed by atoms with Gasteiger partial charge in [-0.25, -0.2) is 8.42 Å². The first-order valence-electron chi connectivity index (χ1n) is 9.24. The lowest BCUT2D eigenvalue weighted by molar-refractivity contribution is -0.143. The van der Waals surface area contributed by atoms with Crippen LogP contribution in [-0.4, -0.2) is 49.9 Å². The zero-order valence-corrected chi connectivity index (χ0v) is 17.4. The lowest BCUT2D eigenvalue weighted by atomic mass is 10.1. The van der Waals surface area contributed by atoms with E-state index in [-0.39, 0.29) is 43.5 Å². The summed E-state index contributed by atoms with van der Waals surface area (Å²) in [5.41, 5.74) is 1.09. The van der Waals surface area contributed by atoms with E-state index in [2.05, 4.69) is 15.6 Å². The van der Waals surface area contributed by atoms with E-state index in [1.54, 1.807) is 25.4 Å². The van der Waals surface area contributed by atoms with Gasteiger partial charge in [-0.15, -0.1) is 6.42 Å². The molecule has 1 aromatic carbocycles. The second kappa shape index (κ2) is 11.1. The van der Waals surface area contributed by atoms with E-state index < -0.39 is 16.0 Å². The van der Waals surface area contributed by atoms with Crippen molar-refractivity contribution in [3.8, 4) is 12.3 Å². The average molecular weight is 429 g/mol. The van der Waals surface area contributed by atoms with Gasteiger partial charge in [0.15, 0.2) is 0 Å². The number of carbonyl (C=O) groups excluding carboxylic acids is 2. The van der Waals surface area contributed by atoms with Crippen molar-refractivity contribution in [1.29, 1.82) is 0 Å². The highest BCUT2D eigenvalue weighted by Gasteiger charge is 2.19. The van der Waals surface area contributed by atoms with Crippen LogP contribution in [0.1, 0.15) is 29.3 Å². The van der Waals surface area contributed by atoms with Crippen molar-refractivity contribution < 1.29 is 22.7 Å².